The van der Waals surface area contributed by atoms with Gasteiger partial charge in [0.15, 0.2) is 5.89 Å². The van der Waals surface area contributed by atoms with Gasteiger partial charge in [-0.05, 0) is 60.7 Å². The van der Waals surface area contributed by atoms with Crippen LogP contribution in [0.1, 0.15) is 66.0 Å². The van der Waals surface area contributed by atoms with Crippen molar-refractivity contribution in [1.82, 2.24) is 9.88 Å². The number of furan rings is 1. The quantitative estimate of drug-likeness (QED) is 0.307. The van der Waals surface area contributed by atoms with Gasteiger partial charge in [-0.1, -0.05) is 19.9 Å². The first-order chi connectivity index (χ1) is 17.3. The summed E-state index contributed by atoms with van der Waals surface area (Å²) < 4.78 is 22.1. The highest BCUT2D eigenvalue weighted by Crippen LogP contribution is 2.30. The molecular formula is C28H32N2O6. The maximum Gasteiger partial charge on any atom is 0.305 e. The summed E-state index contributed by atoms with van der Waals surface area (Å²) in [7, 11) is 1.39. The van der Waals surface area contributed by atoms with Crippen LogP contribution in [0, 0.1) is 6.92 Å². The Kier molecular flexibility index (Phi) is 7.93. The van der Waals surface area contributed by atoms with Gasteiger partial charge in [-0.15, -0.1) is 0 Å². The molecule has 1 aliphatic rings. The molecule has 0 radical (unpaired) electrons. The van der Waals surface area contributed by atoms with Crippen molar-refractivity contribution in [1.29, 1.82) is 0 Å². The van der Waals surface area contributed by atoms with E-state index in [4.69, 9.17) is 18.3 Å². The number of amides is 1. The van der Waals surface area contributed by atoms with Crippen molar-refractivity contribution in [3.63, 3.8) is 0 Å². The number of methoxy groups -OCH3 is 1. The standard InChI is InChI=1S/C28H32N2O6/c1-18(2)28-29-24(19(3)36-28)17-35-25-15-22-16-30(26(31)9-8-23-6-5-13-34-23)12-11-20(22)14-21(25)7-10-27(32)33-4/h5-6,8-9,13-15,18H,7,10-12,16-17H2,1-4H3/b9-8+. The fourth-order valence-corrected chi connectivity index (χ4v) is 4.12. The molecule has 0 unspecified atom stereocenters. The number of esters is 1. The number of carbonyl (C=O) groups excluding carboxylic acids is 2. The predicted molar refractivity (Wildman–Crippen MR) is 133 cm³/mol. The van der Waals surface area contributed by atoms with Gasteiger partial charge in [-0.25, -0.2) is 4.98 Å². The third kappa shape index (κ3) is 6.05. The summed E-state index contributed by atoms with van der Waals surface area (Å²) in [6.45, 7) is 7.27. The highest BCUT2D eigenvalue weighted by Gasteiger charge is 2.22. The molecule has 0 fully saturated rings. The van der Waals surface area contributed by atoms with Crippen LogP contribution in [0.2, 0.25) is 0 Å². The number of fused-ring (bicyclic) bond motifs is 1. The van der Waals surface area contributed by atoms with Crippen molar-refractivity contribution in [2.24, 2.45) is 0 Å². The zero-order valence-corrected chi connectivity index (χ0v) is 21.2. The van der Waals surface area contributed by atoms with Crippen LogP contribution in [-0.2, 0) is 40.3 Å². The van der Waals surface area contributed by atoms with Crippen molar-refractivity contribution in [3.8, 4) is 5.75 Å². The fraction of sp³-hybridized carbons (Fsp3) is 0.393. The first-order valence-corrected chi connectivity index (χ1v) is 12.1. The molecule has 2 aromatic heterocycles. The van der Waals surface area contributed by atoms with Crippen LogP contribution in [-0.4, -0.2) is 35.4 Å². The molecule has 8 nitrogen and oxygen atoms in total. The van der Waals surface area contributed by atoms with Crippen molar-refractivity contribution in [2.75, 3.05) is 13.7 Å². The summed E-state index contributed by atoms with van der Waals surface area (Å²) >= 11 is 0. The summed E-state index contributed by atoms with van der Waals surface area (Å²) in [5.74, 6) is 2.55. The molecule has 8 heteroatoms. The molecule has 0 bridgehead atoms. The monoisotopic (exact) mass is 492 g/mol. The van der Waals surface area contributed by atoms with Crippen LogP contribution in [0.3, 0.4) is 0 Å². The van der Waals surface area contributed by atoms with Gasteiger partial charge >= 0.3 is 5.97 Å². The zero-order chi connectivity index (χ0) is 25.7. The molecule has 0 atom stereocenters. The second kappa shape index (κ2) is 11.3. The van der Waals surface area contributed by atoms with Crippen molar-refractivity contribution < 1.29 is 27.9 Å². The number of benzene rings is 1. The largest absolute Gasteiger partial charge is 0.487 e. The Labute approximate surface area is 210 Å². The maximum atomic E-state index is 12.8. The molecule has 1 aromatic carbocycles. The van der Waals surface area contributed by atoms with E-state index in [2.05, 4.69) is 11.1 Å². The smallest absolute Gasteiger partial charge is 0.305 e. The zero-order valence-electron chi connectivity index (χ0n) is 21.2. The second-order valence-electron chi connectivity index (χ2n) is 9.16. The van der Waals surface area contributed by atoms with Gasteiger partial charge in [0.1, 0.15) is 29.6 Å². The molecular weight excluding hydrogens is 460 g/mol. The van der Waals surface area contributed by atoms with E-state index in [1.165, 1.54) is 13.2 Å². The van der Waals surface area contributed by atoms with Gasteiger partial charge in [0.05, 0.1) is 13.4 Å². The molecule has 0 saturated carbocycles. The van der Waals surface area contributed by atoms with E-state index in [-0.39, 0.29) is 30.8 Å². The molecule has 1 aliphatic heterocycles. The minimum Gasteiger partial charge on any atom is -0.487 e. The van der Waals surface area contributed by atoms with Gasteiger partial charge in [0.2, 0.25) is 5.91 Å². The van der Waals surface area contributed by atoms with Gasteiger partial charge in [0.25, 0.3) is 0 Å². The normalized spacial score (nSPS) is 13.3. The van der Waals surface area contributed by atoms with Gasteiger partial charge < -0.3 is 23.2 Å². The first kappa shape index (κ1) is 25.3. The lowest BCUT2D eigenvalue weighted by atomic mass is 9.94. The van der Waals surface area contributed by atoms with E-state index in [0.29, 0.717) is 36.9 Å². The topological polar surface area (TPSA) is 95.0 Å². The minimum atomic E-state index is -0.271. The summed E-state index contributed by atoms with van der Waals surface area (Å²) in [5.41, 5.74) is 3.86. The Hall–Kier alpha value is -3.81. The third-order valence-electron chi connectivity index (χ3n) is 6.23. The van der Waals surface area contributed by atoms with Crippen molar-refractivity contribution in [3.05, 3.63) is 76.4 Å². The summed E-state index contributed by atoms with van der Waals surface area (Å²) in [6.07, 6.45) is 6.26. The van der Waals surface area contributed by atoms with E-state index in [1.54, 1.807) is 29.4 Å². The van der Waals surface area contributed by atoms with Gasteiger partial charge in [-0.2, -0.15) is 0 Å². The number of hydrogen-bond donors (Lipinski definition) is 0. The molecule has 0 N–H and O–H groups in total. The summed E-state index contributed by atoms with van der Waals surface area (Å²) in [6, 6.07) is 7.65. The Morgan fingerprint density at radius 1 is 1.25 bits per heavy atom. The lowest BCUT2D eigenvalue weighted by molar-refractivity contribution is -0.140. The molecule has 4 rings (SSSR count). The summed E-state index contributed by atoms with van der Waals surface area (Å²) in [4.78, 5) is 30.9. The average molecular weight is 493 g/mol. The molecule has 3 heterocycles. The molecule has 0 spiro atoms. The van der Waals surface area contributed by atoms with Crippen LogP contribution < -0.4 is 4.74 Å². The van der Waals surface area contributed by atoms with Gasteiger partial charge in [-0.3, -0.25) is 9.59 Å². The van der Waals surface area contributed by atoms with Crippen LogP contribution in [0.15, 0.2) is 45.4 Å². The van der Waals surface area contributed by atoms with Crippen LogP contribution >= 0.6 is 0 Å². The van der Waals surface area contributed by atoms with E-state index in [9.17, 15) is 9.59 Å². The number of aryl methyl sites for hydroxylation is 2. The lowest BCUT2D eigenvalue weighted by Gasteiger charge is -2.29. The highest BCUT2D eigenvalue weighted by molar-refractivity contribution is 5.91. The second-order valence-corrected chi connectivity index (χ2v) is 9.16. The van der Waals surface area contributed by atoms with E-state index in [0.717, 1.165) is 34.6 Å². The number of aromatic nitrogens is 1. The Balaban J connectivity index is 1.53. The molecule has 190 valence electrons. The van der Waals surface area contributed by atoms with Crippen molar-refractivity contribution >= 4 is 18.0 Å². The molecule has 0 saturated heterocycles. The number of oxazole rings is 1. The maximum absolute atomic E-state index is 12.8. The van der Waals surface area contributed by atoms with E-state index in [1.807, 2.05) is 26.8 Å². The van der Waals surface area contributed by atoms with Crippen LogP contribution in [0.25, 0.3) is 6.08 Å². The first-order valence-electron chi connectivity index (χ1n) is 12.1. The van der Waals surface area contributed by atoms with Gasteiger partial charge in [0, 0.05) is 31.5 Å². The average Bonchev–Trinajstić information content (AvgIpc) is 3.53. The van der Waals surface area contributed by atoms with Crippen LogP contribution in [0.4, 0.5) is 0 Å². The summed E-state index contributed by atoms with van der Waals surface area (Å²) in [5, 5.41) is 0. The molecule has 36 heavy (non-hydrogen) atoms. The molecule has 3 aromatic rings. The predicted octanol–water partition coefficient (Wildman–Crippen LogP) is 4.98. The number of hydrogen-bond acceptors (Lipinski definition) is 7. The fourth-order valence-electron chi connectivity index (χ4n) is 4.12. The minimum absolute atomic E-state index is 0.0753. The molecule has 1 amide bonds. The van der Waals surface area contributed by atoms with E-state index < -0.39 is 0 Å². The highest BCUT2D eigenvalue weighted by atomic mass is 16.5. The Morgan fingerprint density at radius 3 is 2.78 bits per heavy atom. The number of nitrogens with zero attached hydrogens (tertiary/aromatic N) is 2. The third-order valence-corrected chi connectivity index (χ3v) is 6.23. The number of carbonyl (C=O) groups is 2. The SMILES string of the molecule is COC(=O)CCc1cc2c(cc1OCc1nc(C(C)C)oc1C)CN(C(=O)/C=C/c1ccco1)CC2. The Bertz CT molecular complexity index is 1240. The lowest BCUT2D eigenvalue weighted by Crippen LogP contribution is -2.34. The Morgan fingerprint density at radius 2 is 2.08 bits per heavy atom. The van der Waals surface area contributed by atoms with Crippen molar-refractivity contribution in [2.45, 2.75) is 59.1 Å². The molecule has 0 aliphatic carbocycles. The van der Waals surface area contributed by atoms with E-state index >= 15 is 0 Å². The number of rotatable bonds is 9. The number of ether oxygens (including phenoxy) is 2. The van der Waals surface area contributed by atoms with Crippen LogP contribution in [0.5, 0.6) is 5.75 Å².